The highest BCUT2D eigenvalue weighted by Crippen LogP contribution is 2.34. The predicted molar refractivity (Wildman–Crippen MR) is 74.3 cm³/mol. The number of hydrogen-bond acceptors (Lipinski definition) is 4. The van der Waals surface area contributed by atoms with Crippen molar-refractivity contribution in [2.75, 3.05) is 11.9 Å². The molecule has 2 N–H and O–H groups in total. The van der Waals surface area contributed by atoms with Crippen molar-refractivity contribution in [2.45, 2.75) is 25.1 Å². The van der Waals surface area contributed by atoms with Crippen molar-refractivity contribution in [3.63, 3.8) is 0 Å². The van der Waals surface area contributed by atoms with Crippen LogP contribution in [0.4, 0.5) is 18.3 Å². The molecule has 2 aromatic rings. The molecule has 21 heavy (non-hydrogen) atoms. The van der Waals surface area contributed by atoms with Crippen LogP contribution in [0.2, 0.25) is 0 Å². The second-order valence-electron chi connectivity index (χ2n) is 4.88. The van der Waals surface area contributed by atoms with Gasteiger partial charge < -0.3 is 10.6 Å². The number of nitrogens with zero attached hydrogens (tertiary/aromatic N) is 1. The molecule has 4 nitrogen and oxygen atoms in total. The van der Waals surface area contributed by atoms with E-state index >= 15 is 0 Å². The molecule has 1 aliphatic rings. The van der Waals surface area contributed by atoms with Crippen LogP contribution in [0.1, 0.15) is 18.4 Å². The van der Waals surface area contributed by atoms with Crippen LogP contribution in [-0.4, -0.2) is 23.5 Å². The Morgan fingerprint density at radius 1 is 1.38 bits per heavy atom. The lowest BCUT2D eigenvalue weighted by Crippen LogP contribution is -2.41. The zero-order valence-electron chi connectivity index (χ0n) is 10.8. The van der Waals surface area contributed by atoms with E-state index < -0.39 is 11.7 Å². The molecule has 1 atom stereocenters. The van der Waals surface area contributed by atoms with Crippen molar-refractivity contribution in [1.29, 1.82) is 0 Å². The lowest BCUT2D eigenvalue weighted by atomic mass is 10.1. The molecule has 0 radical (unpaired) electrons. The Labute approximate surface area is 122 Å². The van der Waals surface area contributed by atoms with Gasteiger partial charge in [-0.05, 0) is 24.6 Å². The van der Waals surface area contributed by atoms with Gasteiger partial charge in [-0.25, -0.2) is 4.98 Å². The van der Waals surface area contributed by atoms with Gasteiger partial charge in [0.2, 0.25) is 5.91 Å². The number of piperidine rings is 1. The zero-order chi connectivity index (χ0) is 15.0. The van der Waals surface area contributed by atoms with Crippen LogP contribution in [0.5, 0.6) is 0 Å². The lowest BCUT2D eigenvalue weighted by Gasteiger charge is -2.22. The largest absolute Gasteiger partial charge is 0.416 e. The predicted octanol–water partition coefficient (Wildman–Crippen LogP) is 3.01. The first kappa shape index (κ1) is 14.1. The number of anilines is 1. The first-order chi connectivity index (χ1) is 9.91. The van der Waals surface area contributed by atoms with E-state index in [1.54, 1.807) is 0 Å². The summed E-state index contributed by atoms with van der Waals surface area (Å²) < 4.78 is 38.7. The smallest absolute Gasteiger partial charge is 0.357 e. The maximum atomic E-state index is 12.7. The van der Waals surface area contributed by atoms with E-state index in [0.29, 0.717) is 34.7 Å². The van der Waals surface area contributed by atoms with Gasteiger partial charge in [0.1, 0.15) is 0 Å². The van der Waals surface area contributed by atoms with Gasteiger partial charge in [-0.3, -0.25) is 4.79 Å². The van der Waals surface area contributed by atoms with E-state index in [4.69, 9.17) is 0 Å². The molecule has 112 valence electrons. The fraction of sp³-hybridized carbons (Fsp3) is 0.385. The highest BCUT2D eigenvalue weighted by Gasteiger charge is 2.30. The molecule has 0 aliphatic carbocycles. The fourth-order valence-corrected chi connectivity index (χ4v) is 3.12. The van der Waals surface area contributed by atoms with Crippen LogP contribution in [0.3, 0.4) is 0 Å². The molecule has 0 saturated carbocycles. The SMILES string of the molecule is O=C1CC[C@H](Nc2nc3cc(C(F)(F)F)ccc3s2)CN1. The minimum Gasteiger partial charge on any atom is -0.357 e. The first-order valence-electron chi connectivity index (χ1n) is 6.43. The molecule has 0 bridgehead atoms. The number of aromatic nitrogens is 1. The first-order valence-corrected chi connectivity index (χ1v) is 7.24. The molecule has 1 fully saturated rings. The minimum atomic E-state index is -4.36. The van der Waals surface area contributed by atoms with Crippen LogP contribution in [0.25, 0.3) is 10.2 Å². The minimum absolute atomic E-state index is 0.0205. The Bertz CT molecular complexity index is 673. The van der Waals surface area contributed by atoms with Crippen molar-refractivity contribution >= 4 is 32.6 Å². The highest BCUT2D eigenvalue weighted by molar-refractivity contribution is 7.22. The van der Waals surface area contributed by atoms with Crippen molar-refractivity contribution in [3.05, 3.63) is 23.8 Å². The monoisotopic (exact) mass is 315 g/mol. The average Bonchev–Trinajstić information content (AvgIpc) is 2.81. The molecule has 3 rings (SSSR count). The molecule has 8 heteroatoms. The molecule has 1 aromatic carbocycles. The van der Waals surface area contributed by atoms with Crippen molar-refractivity contribution in [3.8, 4) is 0 Å². The number of carbonyl (C=O) groups excluding carboxylic acids is 1. The normalized spacial score (nSPS) is 19.6. The number of thiazole rings is 1. The number of alkyl halides is 3. The van der Waals surface area contributed by atoms with Crippen LogP contribution < -0.4 is 10.6 Å². The van der Waals surface area contributed by atoms with Crippen molar-refractivity contribution < 1.29 is 18.0 Å². The van der Waals surface area contributed by atoms with E-state index in [-0.39, 0.29) is 11.9 Å². The molecule has 1 aromatic heterocycles. The van der Waals surface area contributed by atoms with Crippen molar-refractivity contribution in [2.24, 2.45) is 0 Å². The number of carbonyl (C=O) groups is 1. The summed E-state index contributed by atoms with van der Waals surface area (Å²) in [5.74, 6) is 0.0205. The number of rotatable bonds is 2. The summed E-state index contributed by atoms with van der Waals surface area (Å²) in [6, 6.07) is 3.61. The summed E-state index contributed by atoms with van der Waals surface area (Å²) in [5.41, 5.74) is -0.367. The second kappa shape index (κ2) is 5.18. The fourth-order valence-electron chi connectivity index (χ4n) is 2.20. The lowest BCUT2D eigenvalue weighted by molar-refractivity contribution is -0.137. The Kier molecular flexibility index (Phi) is 3.48. The number of nitrogens with one attached hydrogen (secondary N) is 2. The molecular formula is C13H12F3N3OS. The van der Waals surface area contributed by atoms with Crippen LogP contribution in [0.15, 0.2) is 18.2 Å². The topological polar surface area (TPSA) is 54.0 Å². The summed E-state index contributed by atoms with van der Waals surface area (Å²) in [4.78, 5) is 15.3. The molecular weight excluding hydrogens is 303 g/mol. The third-order valence-corrected chi connectivity index (χ3v) is 4.28. The Morgan fingerprint density at radius 3 is 2.86 bits per heavy atom. The van der Waals surface area contributed by atoms with Gasteiger partial charge in [0, 0.05) is 19.0 Å². The zero-order valence-corrected chi connectivity index (χ0v) is 11.6. The van der Waals surface area contributed by atoms with Gasteiger partial charge in [0.15, 0.2) is 5.13 Å². The molecule has 0 unspecified atom stereocenters. The molecule has 2 heterocycles. The summed E-state index contributed by atoms with van der Waals surface area (Å²) >= 11 is 1.31. The van der Waals surface area contributed by atoms with Crippen LogP contribution in [0, 0.1) is 0 Å². The number of hydrogen-bond donors (Lipinski definition) is 2. The van der Waals surface area contributed by atoms with Gasteiger partial charge in [-0.15, -0.1) is 0 Å². The number of fused-ring (bicyclic) bond motifs is 1. The van der Waals surface area contributed by atoms with Crippen LogP contribution >= 0.6 is 11.3 Å². The summed E-state index contributed by atoms with van der Waals surface area (Å²) in [6.45, 7) is 0.503. The van der Waals surface area contributed by atoms with E-state index in [2.05, 4.69) is 15.6 Å². The van der Waals surface area contributed by atoms with E-state index in [1.165, 1.54) is 17.4 Å². The average molecular weight is 315 g/mol. The molecule has 1 aliphatic heterocycles. The van der Waals surface area contributed by atoms with Gasteiger partial charge >= 0.3 is 6.18 Å². The molecule has 1 saturated heterocycles. The van der Waals surface area contributed by atoms with Crippen molar-refractivity contribution in [1.82, 2.24) is 10.3 Å². The summed E-state index contributed by atoms with van der Waals surface area (Å²) in [6.07, 6.45) is -3.23. The highest BCUT2D eigenvalue weighted by atomic mass is 32.1. The van der Waals surface area contributed by atoms with Gasteiger partial charge in [-0.1, -0.05) is 11.3 Å². The maximum absolute atomic E-state index is 12.7. The number of amides is 1. The van der Waals surface area contributed by atoms with Gasteiger partial charge in [0.05, 0.1) is 15.8 Å². The van der Waals surface area contributed by atoms with Gasteiger partial charge in [0.25, 0.3) is 0 Å². The van der Waals surface area contributed by atoms with E-state index in [0.717, 1.165) is 12.1 Å². The van der Waals surface area contributed by atoms with E-state index in [9.17, 15) is 18.0 Å². The third-order valence-electron chi connectivity index (χ3n) is 3.31. The standard InChI is InChI=1S/C13H12F3N3OS/c14-13(15,16)7-1-3-10-9(5-7)19-12(21-10)18-8-2-4-11(20)17-6-8/h1,3,5,8H,2,4,6H2,(H,17,20)(H,18,19)/t8-/m0/s1. The van der Waals surface area contributed by atoms with Gasteiger partial charge in [-0.2, -0.15) is 13.2 Å². The molecule has 0 spiro atoms. The number of halogens is 3. The van der Waals surface area contributed by atoms with Crippen LogP contribution in [-0.2, 0) is 11.0 Å². The summed E-state index contributed by atoms with van der Waals surface area (Å²) in [5, 5.41) is 6.48. The third kappa shape index (κ3) is 3.10. The number of benzene rings is 1. The maximum Gasteiger partial charge on any atom is 0.416 e. The van der Waals surface area contributed by atoms with E-state index in [1.807, 2.05) is 0 Å². The molecule has 1 amide bonds. The Hall–Kier alpha value is -1.83. The second-order valence-corrected chi connectivity index (χ2v) is 5.91. The Morgan fingerprint density at radius 2 is 2.19 bits per heavy atom. The Balaban J connectivity index is 1.79. The quantitative estimate of drug-likeness (QED) is 0.896. The summed E-state index contributed by atoms with van der Waals surface area (Å²) in [7, 11) is 0.